The molecule has 2 heterocycles. The third-order valence-electron chi connectivity index (χ3n) is 5.36. The van der Waals surface area contributed by atoms with E-state index in [2.05, 4.69) is 58.9 Å². The molecule has 1 aliphatic rings. The van der Waals surface area contributed by atoms with Crippen LogP contribution >= 0.6 is 0 Å². The van der Waals surface area contributed by atoms with E-state index in [9.17, 15) is 4.79 Å². The summed E-state index contributed by atoms with van der Waals surface area (Å²) in [6.45, 7) is 5.75. The van der Waals surface area contributed by atoms with Crippen molar-refractivity contribution in [1.82, 2.24) is 25.3 Å². The molecule has 6 heteroatoms. The van der Waals surface area contributed by atoms with Gasteiger partial charge >= 0.3 is 0 Å². The van der Waals surface area contributed by atoms with Gasteiger partial charge in [-0.1, -0.05) is 30.3 Å². The van der Waals surface area contributed by atoms with Crippen molar-refractivity contribution in [2.75, 3.05) is 26.7 Å². The number of hydrogen-bond donors (Lipinski definition) is 2. The highest BCUT2D eigenvalue weighted by Crippen LogP contribution is 2.15. The number of amides is 1. The highest BCUT2D eigenvalue weighted by Gasteiger charge is 2.18. The summed E-state index contributed by atoms with van der Waals surface area (Å²) in [6.07, 6.45) is 5.09. The number of carbonyl (C=O) groups excluding carboxylic acids is 1. The zero-order valence-corrected chi connectivity index (χ0v) is 16.4. The van der Waals surface area contributed by atoms with Gasteiger partial charge in [0, 0.05) is 31.9 Å². The van der Waals surface area contributed by atoms with E-state index < -0.39 is 0 Å². The minimum Gasteiger partial charge on any atom is -0.351 e. The molecule has 3 rings (SSSR count). The molecule has 0 radical (unpaired) electrons. The van der Waals surface area contributed by atoms with Crippen LogP contribution in [-0.4, -0.2) is 53.3 Å². The predicted molar refractivity (Wildman–Crippen MR) is 108 cm³/mol. The largest absolute Gasteiger partial charge is 0.351 e. The van der Waals surface area contributed by atoms with Crippen LogP contribution in [0.3, 0.4) is 0 Å². The molecule has 146 valence electrons. The zero-order valence-electron chi connectivity index (χ0n) is 16.4. The maximum Gasteiger partial charge on any atom is 0.271 e. The topological polar surface area (TPSA) is 62.2 Å². The summed E-state index contributed by atoms with van der Waals surface area (Å²) in [7, 11) is 2.12. The molecule has 0 saturated carbocycles. The van der Waals surface area contributed by atoms with Crippen LogP contribution in [-0.2, 0) is 6.54 Å². The number of nitrogens with one attached hydrogen (secondary N) is 2. The van der Waals surface area contributed by atoms with E-state index in [0.717, 1.165) is 38.9 Å². The average Bonchev–Trinajstić information content (AvgIpc) is 3.19. The summed E-state index contributed by atoms with van der Waals surface area (Å²) in [5, 5.41) is 10.9. The van der Waals surface area contributed by atoms with Gasteiger partial charge in [0.2, 0.25) is 0 Å². The molecule has 27 heavy (non-hydrogen) atoms. The Kier molecular flexibility index (Phi) is 7.01. The Morgan fingerprint density at radius 3 is 2.93 bits per heavy atom. The van der Waals surface area contributed by atoms with Crippen LogP contribution in [0.2, 0.25) is 0 Å². The molecule has 2 aromatic rings. The van der Waals surface area contributed by atoms with Gasteiger partial charge in [0.15, 0.2) is 0 Å². The van der Waals surface area contributed by atoms with Crippen LogP contribution in [0, 0.1) is 0 Å². The first kappa shape index (κ1) is 19.6. The molecule has 6 nitrogen and oxygen atoms in total. The minimum absolute atomic E-state index is 0.0876. The lowest BCUT2D eigenvalue weighted by Gasteiger charge is -2.24. The molecule has 1 aromatic carbocycles. The summed E-state index contributed by atoms with van der Waals surface area (Å²) < 4.78 is 1.93. The van der Waals surface area contributed by atoms with Gasteiger partial charge in [0.1, 0.15) is 5.69 Å². The van der Waals surface area contributed by atoms with E-state index in [1.54, 1.807) is 0 Å². The summed E-state index contributed by atoms with van der Waals surface area (Å²) in [6, 6.07) is 13.0. The van der Waals surface area contributed by atoms with Crippen molar-refractivity contribution in [3.8, 4) is 0 Å². The molecule has 1 saturated heterocycles. The molecular formula is C21H31N5O. The van der Waals surface area contributed by atoms with E-state index in [-0.39, 0.29) is 5.91 Å². The summed E-state index contributed by atoms with van der Waals surface area (Å²) in [5.74, 6) is -0.0876. The maximum absolute atomic E-state index is 12.4. The fourth-order valence-corrected chi connectivity index (χ4v) is 3.45. The van der Waals surface area contributed by atoms with Crippen molar-refractivity contribution in [2.45, 2.75) is 44.8 Å². The lowest BCUT2D eigenvalue weighted by molar-refractivity contribution is 0.0942. The van der Waals surface area contributed by atoms with Crippen LogP contribution < -0.4 is 10.6 Å². The monoisotopic (exact) mass is 369 g/mol. The lowest BCUT2D eigenvalue weighted by atomic mass is 10.1. The van der Waals surface area contributed by atoms with Gasteiger partial charge < -0.3 is 10.6 Å². The highest BCUT2D eigenvalue weighted by molar-refractivity contribution is 5.92. The second-order valence-electron chi connectivity index (χ2n) is 7.48. The Balaban J connectivity index is 1.41. The number of piperidine rings is 1. The maximum atomic E-state index is 12.4. The number of nitrogens with zero attached hydrogens (tertiary/aromatic N) is 3. The molecule has 0 bridgehead atoms. The third kappa shape index (κ3) is 5.65. The van der Waals surface area contributed by atoms with Crippen molar-refractivity contribution in [2.24, 2.45) is 0 Å². The Labute approximate surface area is 161 Å². The normalized spacial score (nSPS) is 18.4. The standard InChI is InChI=1S/C21H31N5O/c1-17(25(2)16-18-7-4-3-5-8-18)10-13-23-21(27)20-11-14-26(24-20)19-9-6-12-22-15-19/h3-5,7-8,11,14,17,19,22H,6,9-10,12-13,15-16H2,1-2H3,(H,23,27). The Hall–Kier alpha value is -2.18. The molecule has 1 aliphatic heterocycles. The molecule has 2 N–H and O–H groups in total. The fourth-order valence-electron chi connectivity index (χ4n) is 3.45. The van der Waals surface area contributed by atoms with E-state index in [4.69, 9.17) is 0 Å². The number of carbonyl (C=O) groups is 1. The van der Waals surface area contributed by atoms with E-state index in [1.165, 1.54) is 5.56 Å². The van der Waals surface area contributed by atoms with Gasteiger partial charge in [-0.2, -0.15) is 5.10 Å². The highest BCUT2D eigenvalue weighted by atomic mass is 16.1. The summed E-state index contributed by atoms with van der Waals surface area (Å²) >= 11 is 0. The number of benzene rings is 1. The summed E-state index contributed by atoms with van der Waals surface area (Å²) in [4.78, 5) is 14.7. The Morgan fingerprint density at radius 2 is 2.19 bits per heavy atom. The minimum atomic E-state index is -0.0876. The first-order valence-electron chi connectivity index (χ1n) is 9.91. The van der Waals surface area contributed by atoms with Crippen LogP contribution in [0.15, 0.2) is 42.6 Å². The SMILES string of the molecule is CC(CCNC(=O)c1ccn(C2CCCNC2)n1)N(C)Cc1ccccc1. The van der Waals surface area contributed by atoms with Gasteiger partial charge in [0.05, 0.1) is 6.04 Å². The smallest absolute Gasteiger partial charge is 0.271 e. The number of rotatable bonds is 8. The van der Waals surface area contributed by atoms with Gasteiger partial charge in [-0.15, -0.1) is 0 Å². The van der Waals surface area contributed by atoms with E-state index >= 15 is 0 Å². The molecule has 0 spiro atoms. The second kappa shape index (κ2) is 9.67. The average molecular weight is 370 g/mol. The quantitative estimate of drug-likeness (QED) is 0.750. The molecule has 2 atom stereocenters. The van der Waals surface area contributed by atoms with Crippen molar-refractivity contribution >= 4 is 5.91 Å². The first-order valence-corrected chi connectivity index (χ1v) is 9.91. The summed E-state index contributed by atoms with van der Waals surface area (Å²) in [5.41, 5.74) is 1.81. The molecule has 2 unspecified atom stereocenters. The third-order valence-corrected chi connectivity index (χ3v) is 5.36. The Bertz CT molecular complexity index is 708. The first-order chi connectivity index (χ1) is 13.1. The van der Waals surface area contributed by atoms with Crippen molar-refractivity contribution in [1.29, 1.82) is 0 Å². The van der Waals surface area contributed by atoms with Gasteiger partial charge in [-0.3, -0.25) is 14.4 Å². The zero-order chi connectivity index (χ0) is 19.1. The van der Waals surface area contributed by atoms with Crippen LogP contribution in [0.1, 0.15) is 48.3 Å². The van der Waals surface area contributed by atoms with Crippen LogP contribution in [0.5, 0.6) is 0 Å². The molecular weight excluding hydrogens is 338 g/mol. The van der Waals surface area contributed by atoms with Crippen molar-refractivity contribution in [3.05, 3.63) is 53.9 Å². The number of hydrogen-bond acceptors (Lipinski definition) is 4. The van der Waals surface area contributed by atoms with Gasteiger partial charge in [0.25, 0.3) is 5.91 Å². The van der Waals surface area contributed by atoms with Crippen molar-refractivity contribution < 1.29 is 4.79 Å². The van der Waals surface area contributed by atoms with E-state index in [1.807, 2.05) is 23.0 Å². The van der Waals surface area contributed by atoms with Crippen LogP contribution in [0.4, 0.5) is 0 Å². The Morgan fingerprint density at radius 1 is 1.37 bits per heavy atom. The van der Waals surface area contributed by atoms with Crippen LogP contribution in [0.25, 0.3) is 0 Å². The second-order valence-corrected chi connectivity index (χ2v) is 7.48. The molecule has 1 fully saturated rings. The van der Waals surface area contributed by atoms with Gasteiger partial charge in [-0.25, -0.2) is 0 Å². The molecule has 1 aromatic heterocycles. The van der Waals surface area contributed by atoms with Gasteiger partial charge in [-0.05, 0) is 51.4 Å². The van der Waals surface area contributed by atoms with Crippen molar-refractivity contribution in [3.63, 3.8) is 0 Å². The fraction of sp³-hybridized carbons (Fsp3) is 0.524. The molecule has 1 amide bonds. The number of aromatic nitrogens is 2. The van der Waals surface area contributed by atoms with E-state index in [0.29, 0.717) is 24.3 Å². The molecule has 0 aliphatic carbocycles. The predicted octanol–water partition coefficient (Wildman–Crippen LogP) is 2.45. The lowest BCUT2D eigenvalue weighted by Crippen LogP contribution is -2.34.